The van der Waals surface area contributed by atoms with Crippen LogP contribution in [0.25, 0.3) is 0 Å². The third kappa shape index (κ3) is 3.30. The van der Waals surface area contributed by atoms with E-state index < -0.39 is 6.10 Å². The maximum atomic E-state index is 13.6. The number of hydrogen-bond donors (Lipinski definition) is 1. The van der Waals surface area contributed by atoms with Crippen molar-refractivity contribution >= 4 is 0 Å². The summed E-state index contributed by atoms with van der Waals surface area (Å²) in [5.41, 5.74) is 0.219. The molecule has 0 heterocycles. The van der Waals surface area contributed by atoms with Gasteiger partial charge in [0.25, 0.3) is 0 Å². The fourth-order valence-corrected chi connectivity index (χ4v) is 2.37. The van der Waals surface area contributed by atoms with Crippen molar-refractivity contribution in [1.29, 1.82) is 0 Å². The molecule has 0 radical (unpaired) electrons. The molecule has 1 unspecified atom stereocenters. The zero-order chi connectivity index (χ0) is 13.8. The number of benzene rings is 1. The largest absolute Gasteiger partial charge is 0.391 e. The molecular weight excluding hydrogens is 229 g/mol. The summed E-state index contributed by atoms with van der Waals surface area (Å²) in [7, 11) is 0. The average Bonchev–Trinajstić information content (AvgIpc) is 2.33. The third-order valence-corrected chi connectivity index (χ3v) is 3.77. The first-order valence-corrected chi connectivity index (χ1v) is 6.60. The molecule has 1 rings (SSSR count). The molecule has 0 aliphatic heterocycles. The molecule has 0 spiro atoms. The second kappa shape index (κ2) is 6.30. The van der Waals surface area contributed by atoms with Crippen LogP contribution in [0, 0.1) is 5.82 Å². The van der Waals surface area contributed by atoms with Crippen LogP contribution < -0.4 is 0 Å². The van der Waals surface area contributed by atoms with Gasteiger partial charge in [-0.15, -0.1) is 0 Å². The number of halogens is 1. The minimum Gasteiger partial charge on any atom is -0.391 e. The van der Waals surface area contributed by atoms with Crippen molar-refractivity contribution in [2.45, 2.75) is 45.8 Å². The van der Waals surface area contributed by atoms with Crippen molar-refractivity contribution in [3.63, 3.8) is 0 Å². The lowest BCUT2D eigenvalue weighted by molar-refractivity contribution is -0.00454. The molecule has 0 amide bonds. The van der Waals surface area contributed by atoms with E-state index in [1.807, 2.05) is 13.8 Å². The van der Waals surface area contributed by atoms with E-state index in [2.05, 4.69) is 18.7 Å². The van der Waals surface area contributed by atoms with E-state index in [9.17, 15) is 9.50 Å². The van der Waals surface area contributed by atoms with Gasteiger partial charge in [-0.25, -0.2) is 4.39 Å². The molecule has 102 valence electrons. The van der Waals surface area contributed by atoms with E-state index in [-0.39, 0.29) is 11.4 Å². The monoisotopic (exact) mass is 253 g/mol. The summed E-state index contributed by atoms with van der Waals surface area (Å²) in [6.45, 7) is 9.90. The number of likely N-dealkylation sites (N-methyl/N-ethyl adjacent to an activating group) is 1. The Bertz CT molecular complexity index is 375. The topological polar surface area (TPSA) is 23.5 Å². The van der Waals surface area contributed by atoms with Gasteiger partial charge in [0.2, 0.25) is 0 Å². The second-order valence-electron chi connectivity index (χ2n) is 5.14. The van der Waals surface area contributed by atoms with Crippen molar-refractivity contribution in [3.8, 4) is 0 Å². The lowest BCUT2D eigenvalue weighted by Crippen LogP contribution is -2.53. The minimum absolute atomic E-state index is 0.244. The molecule has 0 aliphatic carbocycles. The highest BCUT2D eigenvalue weighted by Gasteiger charge is 2.32. The maximum absolute atomic E-state index is 13.6. The highest BCUT2D eigenvalue weighted by molar-refractivity contribution is 5.19. The molecule has 1 aromatic rings. The summed E-state index contributed by atoms with van der Waals surface area (Å²) in [4.78, 5) is 2.19. The number of aliphatic hydroxyl groups is 1. The van der Waals surface area contributed by atoms with E-state index >= 15 is 0 Å². The summed E-state index contributed by atoms with van der Waals surface area (Å²) in [5, 5.41) is 10.4. The van der Waals surface area contributed by atoms with Crippen molar-refractivity contribution in [1.82, 2.24) is 4.90 Å². The van der Waals surface area contributed by atoms with Crippen molar-refractivity contribution < 1.29 is 9.50 Å². The number of rotatable bonds is 6. The zero-order valence-corrected chi connectivity index (χ0v) is 11.8. The molecule has 3 heteroatoms. The first kappa shape index (κ1) is 15.1. The van der Waals surface area contributed by atoms with Gasteiger partial charge in [-0.2, -0.15) is 0 Å². The predicted molar refractivity (Wildman–Crippen MR) is 73.1 cm³/mol. The smallest absolute Gasteiger partial charge is 0.126 e. The first-order chi connectivity index (χ1) is 8.43. The number of nitrogens with zero attached hydrogens (tertiary/aromatic N) is 1. The van der Waals surface area contributed by atoms with Crippen LogP contribution in [-0.4, -0.2) is 34.7 Å². The lowest BCUT2D eigenvalue weighted by Gasteiger charge is -2.41. The van der Waals surface area contributed by atoms with E-state index in [4.69, 9.17) is 0 Å². The molecule has 0 saturated carbocycles. The van der Waals surface area contributed by atoms with Gasteiger partial charge in [0.1, 0.15) is 5.82 Å². The van der Waals surface area contributed by atoms with Gasteiger partial charge in [0.05, 0.1) is 6.10 Å². The highest BCUT2D eigenvalue weighted by atomic mass is 19.1. The van der Waals surface area contributed by atoms with Crippen LogP contribution in [0.1, 0.15) is 33.3 Å². The molecule has 1 aromatic carbocycles. The fourth-order valence-electron chi connectivity index (χ4n) is 2.37. The summed E-state index contributed by atoms with van der Waals surface area (Å²) in [6, 6.07) is 6.64. The Morgan fingerprint density at radius 3 is 2.28 bits per heavy atom. The van der Waals surface area contributed by atoms with E-state index in [1.54, 1.807) is 18.2 Å². The predicted octanol–water partition coefficient (Wildman–Crippen LogP) is 2.85. The van der Waals surface area contributed by atoms with Gasteiger partial charge in [-0.05, 0) is 38.6 Å². The Labute approximate surface area is 109 Å². The standard InChI is InChI=1S/C15H24FNO/c1-5-17(6-2)15(3,4)14(18)11-12-9-7-8-10-13(12)16/h7-10,14,18H,5-6,11H2,1-4H3. The van der Waals surface area contributed by atoms with E-state index in [0.717, 1.165) is 13.1 Å². The molecule has 0 aromatic heterocycles. The van der Waals surface area contributed by atoms with Crippen molar-refractivity contribution in [2.24, 2.45) is 0 Å². The Morgan fingerprint density at radius 1 is 1.22 bits per heavy atom. The summed E-state index contributed by atoms with van der Waals surface area (Å²) >= 11 is 0. The first-order valence-electron chi connectivity index (χ1n) is 6.60. The highest BCUT2D eigenvalue weighted by Crippen LogP contribution is 2.22. The molecule has 1 N–H and O–H groups in total. The fraction of sp³-hybridized carbons (Fsp3) is 0.600. The molecule has 0 saturated heterocycles. The zero-order valence-electron chi connectivity index (χ0n) is 11.8. The van der Waals surface area contributed by atoms with E-state index in [0.29, 0.717) is 12.0 Å². The molecular formula is C15H24FNO. The van der Waals surface area contributed by atoms with Gasteiger partial charge in [-0.3, -0.25) is 4.90 Å². The molecule has 0 aliphatic rings. The molecule has 18 heavy (non-hydrogen) atoms. The minimum atomic E-state index is -0.589. The molecule has 0 fully saturated rings. The van der Waals surface area contributed by atoms with Crippen LogP contribution in [0.3, 0.4) is 0 Å². The summed E-state index contributed by atoms with van der Waals surface area (Å²) < 4.78 is 13.6. The Balaban J connectivity index is 2.81. The third-order valence-electron chi connectivity index (χ3n) is 3.77. The van der Waals surface area contributed by atoms with Gasteiger partial charge in [-0.1, -0.05) is 32.0 Å². The van der Waals surface area contributed by atoms with Crippen LogP contribution in [0.15, 0.2) is 24.3 Å². The summed E-state index contributed by atoms with van der Waals surface area (Å²) in [5.74, 6) is -0.244. The molecule has 0 bridgehead atoms. The second-order valence-corrected chi connectivity index (χ2v) is 5.14. The normalized spacial score (nSPS) is 13.9. The van der Waals surface area contributed by atoms with Gasteiger partial charge in [0.15, 0.2) is 0 Å². The van der Waals surface area contributed by atoms with Gasteiger partial charge in [0, 0.05) is 12.0 Å². The Hall–Kier alpha value is -0.930. The van der Waals surface area contributed by atoms with Crippen LogP contribution >= 0.6 is 0 Å². The Kier molecular flexibility index (Phi) is 5.29. The van der Waals surface area contributed by atoms with Gasteiger partial charge >= 0.3 is 0 Å². The number of aliphatic hydroxyl groups excluding tert-OH is 1. The average molecular weight is 253 g/mol. The molecule has 2 nitrogen and oxygen atoms in total. The van der Waals surface area contributed by atoms with Crippen molar-refractivity contribution in [3.05, 3.63) is 35.6 Å². The number of hydrogen-bond acceptors (Lipinski definition) is 2. The molecule has 1 atom stereocenters. The van der Waals surface area contributed by atoms with Crippen molar-refractivity contribution in [2.75, 3.05) is 13.1 Å². The van der Waals surface area contributed by atoms with Crippen LogP contribution in [0.5, 0.6) is 0 Å². The summed E-state index contributed by atoms with van der Waals surface area (Å²) in [6.07, 6.45) is -0.245. The quantitative estimate of drug-likeness (QED) is 0.842. The maximum Gasteiger partial charge on any atom is 0.126 e. The van der Waals surface area contributed by atoms with Crippen LogP contribution in [0.2, 0.25) is 0 Å². The SMILES string of the molecule is CCN(CC)C(C)(C)C(O)Cc1ccccc1F. The van der Waals surface area contributed by atoms with Crippen LogP contribution in [0.4, 0.5) is 4.39 Å². The van der Waals surface area contributed by atoms with Gasteiger partial charge < -0.3 is 5.11 Å². The van der Waals surface area contributed by atoms with E-state index in [1.165, 1.54) is 6.07 Å². The van der Waals surface area contributed by atoms with Crippen LogP contribution in [-0.2, 0) is 6.42 Å². The lowest BCUT2D eigenvalue weighted by atomic mass is 9.90. The Morgan fingerprint density at radius 2 is 1.78 bits per heavy atom.